The van der Waals surface area contributed by atoms with Crippen LogP contribution in [0.5, 0.6) is 0 Å². The van der Waals surface area contributed by atoms with Gasteiger partial charge in [-0.2, -0.15) is 0 Å². The van der Waals surface area contributed by atoms with Gasteiger partial charge in [0.1, 0.15) is 18.1 Å². The number of hydrogen-bond donors (Lipinski definition) is 5. The first-order valence-electron chi connectivity index (χ1n) is 9.94. The summed E-state index contributed by atoms with van der Waals surface area (Å²) in [5, 5.41) is 17.0. The highest BCUT2D eigenvalue weighted by Crippen LogP contribution is 2.08. The molecule has 166 valence electrons. The minimum atomic E-state index is -1.14. The van der Waals surface area contributed by atoms with Crippen molar-refractivity contribution in [1.82, 2.24) is 16.0 Å². The number of carbonyl (C=O) groups excluding carboxylic acids is 3. The Morgan fingerprint density at radius 1 is 0.867 bits per heavy atom. The molecule has 0 spiro atoms. The van der Waals surface area contributed by atoms with Gasteiger partial charge < -0.3 is 26.8 Å². The van der Waals surface area contributed by atoms with Gasteiger partial charge in [0.2, 0.25) is 17.7 Å². The summed E-state index contributed by atoms with van der Waals surface area (Å²) in [6.07, 6.45) is 0.425. The Balaban J connectivity index is 2.95. The number of benzene rings is 1. The van der Waals surface area contributed by atoms with Crippen molar-refractivity contribution in [2.75, 3.05) is 0 Å². The average Bonchev–Trinajstić information content (AvgIpc) is 2.66. The first-order valence-corrected chi connectivity index (χ1v) is 9.94. The maximum atomic E-state index is 12.8. The van der Waals surface area contributed by atoms with Gasteiger partial charge in [0, 0.05) is 6.42 Å². The molecule has 0 aliphatic rings. The predicted octanol–water partition coefficient (Wildman–Crippen LogP) is 0.181. The maximum Gasteiger partial charge on any atom is 0.326 e. The van der Waals surface area contributed by atoms with Crippen LogP contribution in [0.1, 0.15) is 39.7 Å². The van der Waals surface area contributed by atoms with Gasteiger partial charge in [-0.25, -0.2) is 4.79 Å². The van der Waals surface area contributed by atoms with Crippen LogP contribution in [-0.4, -0.2) is 53.0 Å². The van der Waals surface area contributed by atoms with E-state index in [9.17, 15) is 24.3 Å². The minimum Gasteiger partial charge on any atom is -0.480 e. The highest BCUT2D eigenvalue weighted by Gasteiger charge is 2.29. The van der Waals surface area contributed by atoms with E-state index in [0.29, 0.717) is 0 Å². The monoisotopic (exact) mass is 420 g/mol. The molecule has 0 aliphatic heterocycles. The first kappa shape index (κ1) is 25.1. The number of rotatable bonds is 11. The molecule has 4 unspecified atom stereocenters. The highest BCUT2D eigenvalue weighted by atomic mass is 16.4. The Hall–Kier alpha value is -2.94. The van der Waals surface area contributed by atoms with Crippen LogP contribution in [0.3, 0.4) is 0 Å². The summed E-state index contributed by atoms with van der Waals surface area (Å²) < 4.78 is 0. The number of carbonyl (C=O) groups is 4. The van der Waals surface area contributed by atoms with E-state index in [2.05, 4.69) is 16.0 Å². The third-order valence-electron chi connectivity index (χ3n) is 4.40. The van der Waals surface area contributed by atoms with E-state index in [-0.39, 0.29) is 18.8 Å². The zero-order valence-electron chi connectivity index (χ0n) is 17.8. The Kier molecular flexibility index (Phi) is 9.97. The molecule has 9 heteroatoms. The fourth-order valence-electron chi connectivity index (χ4n) is 2.73. The van der Waals surface area contributed by atoms with Crippen molar-refractivity contribution in [3.63, 3.8) is 0 Å². The van der Waals surface area contributed by atoms with Crippen molar-refractivity contribution in [1.29, 1.82) is 0 Å². The number of hydrogen-bond acceptors (Lipinski definition) is 5. The van der Waals surface area contributed by atoms with Crippen molar-refractivity contribution in [2.24, 2.45) is 11.7 Å². The normalized spacial score (nSPS) is 14.9. The Morgan fingerprint density at radius 2 is 1.43 bits per heavy atom. The number of aliphatic carboxylic acids is 1. The van der Waals surface area contributed by atoms with Gasteiger partial charge in [0.05, 0.1) is 6.04 Å². The third-order valence-corrected chi connectivity index (χ3v) is 4.40. The Morgan fingerprint density at radius 3 is 1.93 bits per heavy atom. The smallest absolute Gasteiger partial charge is 0.326 e. The van der Waals surface area contributed by atoms with Crippen molar-refractivity contribution in [3.8, 4) is 0 Å². The molecule has 0 saturated heterocycles. The molecular weight excluding hydrogens is 388 g/mol. The molecule has 0 fully saturated rings. The van der Waals surface area contributed by atoms with E-state index in [1.165, 1.54) is 13.8 Å². The van der Waals surface area contributed by atoms with Gasteiger partial charge in [0.15, 0.2) is 0 Å². The second-order valence-corrected chi connectivity index (χ2v) is 7.80. The van der Waals surface area contributed by atoms with Gasteiger partial charge in [-0.1, -0.05) is 44.2 Å². The molecule has 0 bridgehead atoms. The van der Waals surface area contributed by atoms with E-state index in [1.807, 2.05) is 19.9 Å². The van der Waals surface area contributed by atoms with Gasteiger partial charge >= 0.3 is 5.97 Å². The van der Waals surface area contributed by atoms with Gasteiger partial charge in [0.25, 0.3) is 0 Å². The standard InChI is InChI=1S/C21H32N4O5/c1-12(2)10-17(21(29)30)25-20(28)16(11-15-8-6-5-7-9-15)24-19(27)14(4)23-18(26)13(3)22/h5-9,12-14,16-17H,10-11,22H2,1-4H3,(H,23,26)(H,24,27)(H,25,28)(H,29,30). The van der Waals surface area contributed by atoms with Crippen molar-refractivity contribution in [2.45, 2.75) is 64.7 Å². The van der Waals surface area contributed by atoms with Crippen LogP contribution in [0, 0.1) is 5.92 Å². The number of amides is 3. The van der Waals surface area contributed by atoms with Crippen LogP contribution in [0.25, 0.3) is 0 Å². The van der Waals surface area contributed by atoms with Crippen LogP contribution in [0.2, 0.25) is 0 Å². The summed E-state index contributed by atoms with van der Waals surface area (Å²) in [5.74, 6) is -2.76. The zero-order chi connectivity index (χ0) is 22.8. The van der Waals surface area contributed by atoms with E-state index < -0.39 is 47.9 Å². The van der Waals surface area contributed by atoms with E-state index in [1.54, 1.807) is 24.3 Å². The molecule has 4 atom stereocenters. The molecule has 1 aromatic carbocycles. The number of nitrogens with two attached hydrogens (primary N) is 1. The summed E-state index contributed by atoms with van der Waals surface area (Å²) in [7, 11) is 0. The van der Waals surface area contributed by atoms with E-state index in [0.717, 1.165) is 5.56 Å². The fraction of sp³-hybridized carbons (Fsp3) is 0.524. The van der Waals surface area contributed by atoms with Gasteiger partial charge in [-0.05, 0) is 31.7 Å². The molecule has 0 aromatic heterocycles. The minimum absolute atomic E-state index is 0.0575. The molecule has 0 heterocycles. The Labute approximate surface area is 176 Å². The lowest BCUT2D eigenvalue weighted by Gasteiger charge is -2.24. The molecule has 6 N–H and O–H groups in total. The van der Waals surface area contributed by atoms with Crippen LogP contribution in [0.4, 0.5) is 0 Å². The first-order chi connectivity index (χ1) is 14.0. The fourth-order valence-corrected chi connectivity index (χ4v) is 2.73. The SMILES string of the molecule is CC(C)CC(NC(=O)C(Cc1ccccc1)NC(=O)C(C)NC(=O)C(C)N)C(=O)O. The summed E-state index contributed by atoms with van der Waals surface area (Å²) in [6, 6.07) is 5.26. The van der Waals surface area contributed by atoms with Crippen LogP contribution < -0.4 is 21.7 Å². The van der Waals surface area contributed by atoms with Crippen molar-refractivity contribution in [3.05, 3.63) is 35.9 Å². The number of carboxylic acid groups (broad SMARTS) is 1. The molecule has 1 rings (SSSR count). The molecule has 1 aromatic rings. The topological polar surface area (TPSA) is 151 Å². The molecular formula is C21H32N4O5. The largest absolute Gasteiger partial charge is 0.480 e. The number of carboxylic acids is 1. The molecule has 9 nitrogen and oxygen atoms in total. The third kappa shape index (κ3) is 8.60. The van der Waals surface area contributed by atoms with Crippen LogP contribution in [0.15, 0.2) is 30.3 Å². The lowest BCUT2D eigenvalue weighted by molar-refractivity contribution is -0.142. The number of nitrogens with one attached hydrogen (secondary N) is 3. The van der Waals surface area contributed by atoms with Gasteiger partial charge in [-0.3, -0.25) is 14.4 Å². The molecule has 30 heavy (non-hydrogen) atoms. The van der Waals surface area contributed by atoms with Crippen LogP contribution >= 0.6 is 0 Å². The van der Waals surface area contributed by atoms with Gasteiger partial charge in [-0.15, -0.1) is 0 Å². The van der Waals surface area contributed by atoms with Crippen LogP contribution in [-0.2, 0) is 25.6 Å². The second kappa shape index (κ2) is 11.9. The summed E-state index contributed by atoms with van der Waals surface area (Å²) >= 11 is 0. The van der Waals surface area contributed by atoms with E-state index >= 15 is 0 Å². The molecule has 3 amide bonds. The molecule has 0 radical (unpaired) electrons. The van der Waals surface area contributed by atoms with Crippen molar-refractivity contribution >= 4 is 23.7 Å². The summed E-state index contributed by atoms with van der Waals surface area (Å²) in [6.45, 7) is 6.68. The van der Waals surface area contributed by atoms with E-state index in [4.69, 9.17) is 5.73 Å². The lowest BCUT2D eigenvalue weighted by Crippen LogP contribution is -2.56. The zero-order valence-corrected chi connectivity index (χ0v) is 17.8. The Bertz CT molecular complexity index is 736. The second-order valence-electron chi connectivity index (χ2n) is 7.80. The quantitative estimate of drug-likeness (QED) is 0.345. The molecule has 0 aliphatic carbocycles. The highest BCUT2D eigenvalue weighted by molar-refractivity contribution is 5.93. The van der Waals surface area contributed by atoms with Crippen molar-refractivity contribution < 1.29 is 24.3 Å². The predicted molar refractivity (Wildman–Crippen MR) is 112 cm³/mol. The molecule has 0 saturated carbocycles. The summed E-state index contributed by atoms with van der Waals surface area (Å²) in [4.78, 5) is 48.6. The summed E-state index contributed by atoms with van der Waals surface area (Å²) in [5.41, 5.74) is 6.29. The average molecular weight is 421 g/mol. The maximum absolute atomic E-state index is 12.8. The lowest BCUT2D eigenvalue weighted by atomic mass is 10.0.